The summed E-state index contributed by atoms with van der Waals surface area (Å²) in [5, 5.41) is 3.19. The Morgan fingerprint density at radius 1 is 1.36 bits per heavy atom. The lowest BCUT2D eigenvalue weighted by Gasteiger charge is -2.24. The first kappa shape index (κ1) is 10.8. The topological polar surface area (TPSA) is 40.7 Å². The highest BCUT2D eigenvalue weighted by molar-refractivity contribution is 5.85. The molecule has 64 valence electrons. The minimum atomic E-state index is 0. The van der Waals surface area contributed by atoms with Crippen molar-refractivity contribution < 1.29 is 0 Å². The maximum atomic E-state index is 4.14. The maximum Gasteiger partial charge on any atom is 0.111 e. The van der Waals surface area contributed by atoms with Gasteiger partial charge in [0.1, 0.15) is 5.82 Å². The number of nitrogens with one attached hydrogen (secondary N) is 2. The van der Waals surface area contributed by atoms with E-state index in [1.807, 2.05) is 6.20 Å². The molecule has 1 aliphatic heterocycles. The van der Waals surface area contributed by atoms with Crippen LogP contribution >= 0.6 is 24.8 Å². The fraction of sp³-hybridized carbons (Fsp3) is 0.500. The monoisotopic (exact) mass is 195 g/mol. The molecule has 1 saturated heterocycles. The van der Waals surface area contributed by atoms with Crippen LogP contribution in [0.2, 0.25) is 0 Å². The van der Waals surface area contributed by atoms with E-state index >= 15 is 0 Å². The van der Waals surface area contributed by atoms with Crippen LogP contribution in [0.3, 0.4) is 0 Å². The number of nitrogens with zero attached hydrogens (tertiary/aromatic N) is 1. The van der Waals surface area contributed by atoms with Gasteiger partial charge in [0, 0.05) is 31.4 Å². The second-order valence-corrected chi connectivity index (χ2v) is 2.33. The third-order valence-electron chi connectivity index (χ3n) is 1.69. The van der Waals surface area contributed by atoms with Crippen molar-refractivity contribution in [2.24, 2.45) is 0 Å². The zero-order valence-corrected chi connectivity index (χ0v) is 7.54. The molecular weight excluding hydrogens is 185 g/mol. The first-order valence-electron chi connectivity index (χ1n) is 3.17. The molecule has 0 radical (unpaired) electrons. The Kier molecular flexibility index (Phi) is 4.49. The van der Waals surface area contributed by atoms with Gasteiger partial charge in [-0.3, -0.25) is 0 Å². The minimum absolute atomic E-state index is 0. The number of hydrogen-bond donors (Lipinski definition) is 2. The highest BCUT2D eigenvalue weighted by Gasteiger charge is 2.20. The van der Waals surface area contributed by atoms with Crippen LogP contribution in [0.1, 0.15) is 11.7 Å². The second-order valence-electron chi connectivity index (χ2n) is 2.33. The van der Waals surface area contributed by atoms with E-state index in [9.17, 15) is 0 Å². The maximum absolute atomic E-state index is 4.14. The molecule has 0 bridgehead atoms. The van der Waals surface area contributed by atoms with Gasteiger partial charge in [-0.15, -0.1) is 24.8 Å². The van der Waals surface area contributed by atoms with E-state index in [2.05, 4.69) is 15.3 Å². The van der Waals surface area contributed by atoms with Crippen LogP contribution in [0, 0.1) is 0 Å². The molecule has 0 unspecified atom stereocenters. The Balaban J connectivity index is 0.000000500. The van der Waals surface area contributed by atoms with E-state index in [0.29, 0.717) is 5.92 Å². The van der Waals surface area contributed by atoms with Gasteiger partial charge in [0.25, 0.3) is 0 Å². The summed E-state index contributed by atoms with van der Waals surface area (Å²) in [7, 11) is 0. The van der Waals surface area contributed by atoms with E-state index in [0.717, 1.165) is 18.9 Å². The molecule has 0 atom stereocenters. The van der Waals surface area contributed by atoms with Crippen LogP contribution in [0.15, 0.2) is 12.4 Å². The molecule has 2 rings (SSSR count). The summed E-state index contributed by atoms with van der Waals surface area (Å²) in [4.78, 5) is 7.23. The lowest BCUT2D eigenvalue weighted by Crippen LogP contribution is -2.40. The van der Waals surface area contributed by atoms with Crippen molar-refractivity contribution in [3.05, 3.63) is 18.2 Å². The average molecular weight is 196 g/mol. The summed E-state index contributed by atoms with van der Waals surface area (Å²) >= 11 is 0. The molecule has 0 aliphatic carbocycles. The molecule has 1 aliphatic rings. The molecule has 1 fully saturated rings. The summed E-state index contributed by atoms with van der Waals surface area (Å²) in [6, 6.07) is 0. The Morgan fingerprint density at radius 3 is 2.45 bits per heavy atom. The van der Waals surface area contributed by atoms with Gasteiger partial charge in [0.05, 0.1) is 0 Å². The Labute approximate surface area is 77.8 Å². The number of aromatic nitrogens is 2. The molecule has 2 heterocycles. The van der Waals surface area contributed by atoms with Crippen molar-refractivity contribution in [2.45, 2.75) is 5.92 Å². The Bertz CT molecular complexity index is 184. The first-order chi connectivity index (χ1) is 4.47. The van der Waals surface area contributed by atoms with Crippen LogP contribution in [-0.4, -0.2) is 23.1 Å². The third kappa shape index (κ3) is 2.09. The van der Waals surface area contributed by atoms with Gasteiger partial charge >= 0.3 is 0 Å². The fourth-order valence-corrected chi connectivity index (χ4v) is 0.983. The van der Waals surface area contributed by atoms with Gasteiger partial charge in [-0.1, -0.05) is 0 Å². The van der Waals surface area contributed by atoms with Gasteiger partial charge in [-0.2, -0.15) is 0 Å². The predicted molar refractivity (Wildman–Crippen MR) is 48.7 cm³/mol. The molecule has 0 amide bonds. The number of aromatic amines is 1. The quantitative estimate of drug-likeness (QED) is 0.701. The molecule has 0 aromatic carbocycles. The average Bonchev–Trinajstić information content (AvgIpc) is 2.11. The highest BCUT2D eigenvalue weighted by Crippen LogP contribution is 2.13. The molecule has 1 aromatic rings. The molecule has 0 saturated carbocycles. The zero-order chi connectivity index (χ0) is 6.10. The minimum Gasteiger partial charge on any atom is -0.348 e. The van der Waals surface area contributed by atoms with Gasteiger partial charge in [-0.05, 0) is 0 Å². The van der Waals surface area contributed by atoms with E-state index in [4.69, 9.17) is 0 Å². The lowest BCUT2D eigenvalue weighted by molar-refractivity contribution is 0.432. The van der Waals surface area contributed by atoms with Crippen molar-refractivity contribution in [3.63, 3.8) is 0 Å². The molecule has 1 aromatic heterocycles. The van der Waals surface area contributed by atoms with Crippen molar-refractivity contribution in [2.75, 3.05) is 13.1 Å². The third-order valence-corrected chi connectivity index (χ3v) is 1.69. The van der Waals surface area contributed by atoms with Gasteiger partial charge < -0.3 is 10.3 Å². The van der Waals surface area contributed by atoms with Gasteiger partial charge in [0.15, 0.2) is 0 Å². The van der Waals surface area contributed by atoms with E-state index in [1.54, 1.807) is 6.20 Å². The Morgan fingerprint density at radius 2 is 2.09 bits per heavy atom. The highest BCUT2D eigenvalue weighted by atomic mass is 35.5. The van der Waals surface area contributed by atoms with Crippen LogP contribution < -0.4 is 5.32 Å². The largest absolute Gasteiger partial charge is 0.348 e. The molecule has 5 heteroatoms. The molecule has 2 N–H and O–H groups in total. The van der Waals surface area contributed by atoms with Crippen molar-refractivity contribution >= 4 is 24.8 Å². The number of hydrogen-bond acceptors (Lipinski definition) is 2. The summed E-state index contributed by atoms with van der Waals surface area (Å²) in [6.07, 6.45) is 3.67. The number of rotatable bonds is 1. The van der Waals surface area contributed by atoms with Gasteiger partial charge in [0.2, 0.25) is 0 Å². The van der Waals surface area contributed by atoms with Crippen molar-refractivity contribution in [1.82, 2.24) is 15.3 Å². The SMILES string of the molecule is Cl.Cl.c1c[nH]c(C2CNC2)n1. The molecule has 3 nitrogen and oxygen atoms in total. The van der Waals surface area contributed by atoms with E-state index < -0.39 is 0 Å². The molecule has 11 heavy (non-hydrogen) atoms. The second kappa shape index (κ2) is 4.59. The predicted octanol–water partition coefficient (Wildman–Crippen LogP) is 0.940. The molecule has 0 spiro atoms. The first-order valence-corrected chi connectivity index (χ1v) is 3.17. The van der Waals surface area contributed by atoms with Gasteiger partial charge in [-0.25, -0.2) is 4.98 Å². The van der Waals surface area contributed by atoms with Crippen LogP contribution in [0.25, 0.3) is 0 Å². The summed E-state index contributed by atoms with van der Waals surface area (Å²) < 4.78 is 0. The van der Waals surface area contributed by atoms with Crippen LogP contribution in [-0.2, 0) is 0 Å². The number of H-pyrrole nitrogens is 1. The Hall–Kier alpha value is -0.250. The summed E-state index contributed by atoms with van der Waals surface area (Å²) in [5.41, 5.74) is 0. The number of halogens is 2. The fourth-order valence-electron chi connectivity index (χ4n) is 0.983. The standard InChI is InChI=1S/C6H9N3.2ClH/c1-2-9-6(8-1)5-3-7-4-5;;/h1-2,5,7H,3-4H2,(H,8,9);2*1H. The lowest BCUT2D eigenvalue weighted by atomic mass is 10.0. The normalized spacial score (nSPS) is 16.0. The van der Waals surface area contributed by atoms with Crippen LogP contribution in [0.5, 0.6) is 0 Å². The van der Waals surface area contributed by atoms with Crippen molar-refractivity contribution in [1.29, 1.82) is 0 Å². The summed E-state index contributed by atoms with van der Waals surface area (Å²) in [6.45, 7) is 2.15. The zero-order valence-electron chi connectivity index (χ0n) is 5.91. The van der Waals surface area contributed by atoms with E-state index in [-0.39, 0.29) is 24.8 Å². The smallest absolute Gasteiger partial charge is 0.111 e. The van der Waals surface area contributed by atoms with Crippen LogP contribution in [0.4, 0.5) is 0 Å². The number of imidazole rings is 1. The van der Waals surface area contributed by atoms with E-state index in [1.165, 1.54) is 0 Å². The van der Waals surface area contributed by atoms with Crippen molar-refractivity contribution in [3.8, 4) is 0 Å². The molecular formula is C6H11Cl2N3. The summed E-state index contributed by atoms with van der Waals surface area (Å²) in [5.74, 6) is 1.76.